The number of benzene rings is 2. The predicted molar refractivity (Wildman–Crippen MR) is 109 cm³/mol. The van der Waals surface area contributed by atoms with Crippen LogP contribution in [0.25, 0.3) is 21.8 Å². The molecule has 0 amide bonds. The molecule has 8 nitrogen and oxygen atoms in total. The second-order valence-corrected chi connectivity index (χ2v) is 6.30. The number of aromatic carboxylic acids is 1. The van der Waals surface area contributed by atoms with Crippen molar-refractivity contribution >= 4 is 33.7 Å². The molecule has 0 bridgehead atoms. The Bertz CT molecular complexity index is 1300. The quantitative estimate of drug-likeness (QED) is 0.502. The molecule has 8 heteroatoms. The van der Waals surface area contributed by atoms with Gasteiger partial charge in [0.15, 0.2) is 0 Å². The summed E-state index contributed by atoms with van der Waals surface area (Å²) in [5, 5.41) is 10.5. The number of fused-ring (bicyclic) bond motifs is 2. The second kappa shape index (κ2) is 7.67. The summed E-state index contributed by atoms with van der Waals surface area (Å²) >= 11 is 0. The van der Waals surface area contributed by atoms with Crippen LogP contribution in [-0.4, -0.2) is 41.2 Å². The van der Waals surface area contributed by atoms with Gasteiger partial charge in [0.1, 0.15) is 11.5 Å². The molecule has 2 heterocycles. The van der Waals surface area contributed by atoms with Crippen LogP contribution in [0.3, 0.4) is 0 Å². The van der Waals surface area contributed by atoms with Crippen molar-refractivity contribution in [3.05, 3.63) is 65.9 Å². The van der Waals surface area contributed by atoms with Crippen LogP contribution in [0.4, 0.5) is 0 Å². The standard InChI is InChI=1S/C22H16N2O6/c1-28-12-6-7-16-14(10-12)15(21(25)26)11-19(24-16)30-22(27)13-8-9-23-17-4-3-5-18(29-2)20(13)17/h3-11H,1-2H3,(H,25,26). The molecule has 0 radical (unpaired) electrons. The topological polar surface area (TPSA) is 108 Å². The Labute approximate surface area is 170 Å². The zero-order chi connectivity index (χ0) is 21.3. The molecule has 2 aromatic heterocycles. The molecule has 0 unspecified atom stereocenters. The third kappa shape index (κ3) is 3.35. The fourth-order valence-corrected chi connectivity index (χ4v) is 3.20. The lowest BCUT2D eigenvalue weighted by atomic mass is 10.1. The molecule has 0 saturated carbocycles. The fraction of sp³-hybridized carbons (Fsp3) is 0.0909. The molecule has 0 spiro atoms. The lowest BCUT2D eigenvalue weighted by Gasteiger charge is -2.11. The maximum atomic E-state index is 12.9. The van der Waals surface area contributed by atoms with Crippen LogP contribution in [0.1, 0.15) is 20.7 Å². The monoisotopic (exact) mass is 404 g/mol. The number of rotatable bonds is 5. The van der Waals surface area contributed by atoms with Gasteiger partial charge >= 0.3 is 11.9 Å². The Hall–Kier alpha value is -4.20. The Morgan fingerprint density at radius 2 is 1.77 bits per heavy atom. The lowest BCUT2D eigenvalue weighted by Crippen LogP contribution is -2.12. The molecule has 0 aliphatic rings. The number of hydrogen-bond donors (Lipinski definition) is 1. The largest absolute Gasteiger partial charge is 0.497 e. The smallest absolute Gasteiger partial charge is 0.345 e. The summed E-state index contributed by atoms with van der Waals surface area (Å²) < 4.78 is 15.9. The molecule has 4 aromatic rings. The molecule has 4 rings (SSSR count). The van der Waals surface area contributed by atoms with E-state index in [0.29, 0.717) is 33.3 Å². The Morgan fingerprint density at radius 3 is 2.50 bits per heavy atom. The average molecular weight is 404 g/mol. The van der Waals surface area contributed by atoms with Gasteiger partial charge in [0.2, 0.25) is 5.88 Å². The van der Waals surface area contributed by atoms with Gasteiger partial charge in [-0.2, -0.15) is 0 Å². The molecular formula is C22H16N2O6. The number of esters is 1. The average Bonchev–Trinajstić information content (AvgIpc) is 2.77. The maximum Gasteiger partial charge on any atom is 0.345 e. The summed E-state index contributed by atoms with van der Waals surface area (Å²) in [5.41, 5.74) is 1.09. The van der Waals surface area contributed by atoms with Gasteiger partial charge in [0, 0.05) is 17.6 Å². The third-order valence-corrected chi connectivity index (χ3v) is 4.59. The molecule has 0 aliphatic carbocycles. The number of aromatic nitrogens is 2. The third-order valence-electron chi connectivity index (χ3n) is 4.59. The molecule has 2 aromatic carbocycles. The van der Waals surface area contributed by atoms with E-state index in [4.69, 9.17) is 14.2 Å². The van der Waals surface area contributed by atoms with Crippen LogP contribution >= 0.6 is 0 Å². The highest BCUT2D eigenvalue weighted by Crippen LogP contribution is 2.30. The maximum absolute atomic E-state index is 12.9. The van der Waals surface area contributed by atoms with Crippen LogP contribution in [0.5, 0.6) is 17.4 Å². The summed E-state index contributed by atoms with van der Waals surface area (Å²) in [4.78, 5) is 33.2. The van der Waals surface area contributed by atoms with Crippen molar-refractivity contribution in [1.82, 2.24) is 9.97 Å². The van der Waals surface area contributed by atoms with Crippen molar-refractivity contribution in [3.63, 3.8) is 0 Å². The zero-order valence-corrected chi connectivity index (χ0v) is 16.1. The normalized spacial score (nSPS) is 10.7. The number of methoxy groups -OCH3 is 2. The Kier molecular flexibility index (Phi) is 4.89. The van der Waals surface area contributed by atoms with Crippen LogP contribution < -0.4 is 14.2 Å². The van der Waals surface area contributed by atoms with E-state index in [1.54, 1.807) is 36.4 Å². The van der Waals surface area contributed by atoms with E-state index in [1.807, 2.05) is 0 Å². The number of hydrogen-bond acceptors (Lipinski definition) is 7. The minimum Gasteiger partial charge on any atom is -0.497 e. The second-order valence-electron chi connectivity index (χ2n) is 6.30. The first-order valence-electron chi connectivity index (χ1n) is 8.88. The SMILES string of the molecule is COc1ccc2nc(OC(=O)c3ccnc4cccc(OC)c34)cc(C(=O)O)c2c1. The summed E-state index contributed by atoms with van der Waals surface area (Å²) in [6.45, 7) is 0. The van der Waals surface area contributed by atoms with Gasteiger partial charge in [0.05, 0.1) is 41.8 Å². The van der Waals surface area contributed by atoms with Gasteiger partial charge in [-0.3, -0.25) is 4.98 Å². The van der Waals surface area contributed by atoms with Crippen molar-refractivity contribution in [2.75, 3.05) is 14.2 Å². The van der Waals surface area contributed by atoms with Crippen LogP contribution in [0.15, 0.2) is 54.7 Å². The molecule has 30 heavy (non-hydrogen) atoms. The van der Waals surface area contributed by atoms with Crippen LogP contribution in [0, 0.1) is 0 Å². The minimum atomic E-state index is -1.18. The van der Waals surface area contributed by atoms with Gasteiger partial charge in [-0.25, -0.2) is 14.6 Å². The van der Waals surface area contributed by atoms with E-state index in [1.165, 1.54) is 32.5 Å². The fourth-order valence-electron chi connectivity index (χ4n) is 3.20. The van der Waals surface area contributed by atoms with Crippen molar-refractivity contribution in [3.8, 4) is 17.4 Å². The number of carboxylic acid groups (broad SMARTS) is 1. The molecule has 1 N–H and O–H groups in total. The van der Waals surface area contributed by atoms with E-state index in [-0.39, 0.29) is 17.0 Å². The number of carboxylic acids is 1. The predicted octanol–water partition coefficient (Wildman–Crippen LogP) is 3.72. The summed E-state index contributed by atoms with van der Waals surface area (Å²) in [7, 11) is 2.98. The van der Waals surface area contributed by atoms with Gasteiger partial charge in [0.25, 0.3) is 0 Å². The summed E-state index contributed by atoms with van der Waals surface area (Å²) in [5.74, 6) is -1.05. The first-order valence-corrected chi connectivity index (χ1v) is 8.88. The van der Waals surface area contributed by atoms with E-state index < -0.39 is 11.9 Å². The number of ether oxygens (including phenoxy) is 3. The van der Waals surface area contributed by atoms with Crippen molar-refractivity contribution in [2.24, 2.45) is 0 Å². The molecule has 0 aliphatic heterocycles. The van der Waals surface area contributed by atoms with Gasteiger partial charge < -0.3 is 19.3 Å². The van der Waals surface area contributed by atoms with Crippen molar-refractivity contribution in [1.29, 1.82) is 0 Å². The van der Waals surface area contributed by atoms with Crippen molar-refractivity contribution < 1.29 is 28.9 Å². The van der Waals surface area contributed by atoms with Gasteiger partial charge in [-0.15, -0.1) is 0 Å². The zero-order valence-electron chi connectivity index (χ0n) is 16.1. The van der Waals surface area contributed by atoms with Crippen molar-refractivity contribution in [2.45, 2.75) is 0 Å². The molecule has 150 valence electrons. The first kappa shape index (κ1) is 19.1. The van der Waals surface area contributed by atoms with Crippen LogP contribution in [-0.2, 0) is 0 Å². The number of carbonyl (C=O) groups is 2. The summed E-state index contributed by atoms with van der Waals surface area (Å²) in [6.07, 6.45) is 1.49. The highest BCUT2D eigenvalue weighted by Gasteiger charge is 2.19. The van der Waals surface area contributed by atoms with E-state index in [0.717, 1.165) is 0 Å². The van der Waals surface area contributed by atoms with E-state index in [9.17, 15) is 14.7 Å². The number of carbonyl (C=O) groups excluding carboxylic acids is 1. The highest BCUT2D eigenvalue weighted by molar-refractivity contribution is 6.07. The first-order chi connectivity index (χ1) is 14.5. The van der Waals surface area contributed by atoms with Crippen LogP contribution in [0.2, 0.25) is 0 Å². The number of nitrogens with zero attached hydrogens (tertiary/aromatic N) is 2. The van der Waals surface area contributed by atoms with E-state index >= 15 is 0 Å². The highest BCUT2D eigenvalue weighted by atomic mass is 16.5. The van der Waals surface area contributed by atoms with E-state index in [2.05, 4.69) is 9.97 Å². The Balaban J connectivity index is 1.79. The number of pyridine rings is 2. The molecule has 0 atom stereocenters. The molecule has 0 fully saturated rings. The molecular weight excluding hydrogens is 388 g/mol. The summed E-state index contributed by atoms with van der Waals surface area (Å²) in [6, 6.07) is 12.8. The lowest BCUT2D eigenvalue weighted by molar-refractivity contribution is 0.0688. The Morgan fingerprint density at radius 1 is 0.933 bits per heavy atom. The molecule has 0 saturated heterocycles. The van der Waals surface area contributed by atoms with Gasteiger partial charge in [-0.05, 0) is 36.4 Å². The van der Waals surface area contributed by atoms with Gasteiger partial charge in [-0.1, -0.05) is 6.07 Å². The minimum absolute atomic E-state index is 0.0566.